The number of likely N-dealkylation sites (N-methyl/N-ethyl adjacent to an activating group) is 1. The fourth-order valence-corrected chi connectivity index (χ4v) is 6.50. The van der Waals surface area contributed by atoms with Gasteiger partial charge in [0.2, 0.25) is 5.91 Å². The van der Waals surface area contributed by atoms with Gasteiger partial charge < -0.3 is 25.0 Å². The van der Waals surface area contributed by atoms with Crippen LogP contribution in [-0.4, -0.2) is 87.2 Å². The van der Waals surface area contributed by atoms with Crippen molar-refractivity contribution < 1.29 is 19.1 Å². The molecule has 5 aromatic rings. The molecule has 7 rings (SSSR count). The van der Waals surface area contributed by atoms with Crippen LogP contribution in [0.15, 0.2) is 91.3 Å². The van der Waals surface area contributed by atoms with E-state index in [2.05, 4.69) is 41.4 Å². The predicted molar refractivity (Wildman–Crippen MR) is 206 cm³/mol. The van der Waals surface area contributed by atoms with Crippen molar-refractivity contribution in [3.8, 4) is 17.2 Å². The maximum absolute atomic E-state index is 13.1. The van der Waals surface area contributed by atoms with Gasteiger partial charge in [-0.25, -0.2) is 14.6 Å². The molecule has 0 radical (unpaired) electrons. The lowest BCUT2D eigenvalue weighted by Gasteiger charge is -2.16. The fourth-order valence-electron chi connectivity index (χ4n) is 6.50. The van der Waals surface area contributed by atoms with Gasteiger partial charge in [-0.05, 0) is 91.9 Å². The summed E-state index contributed by atoms with van der Waals surface area (Å²) < 4.78 is 13.7. The minimum absolute atomic E-state index is 0.00408. The standard InChI is InChI=1S/C41H46N8O4/c1-27(2)30-17-20-42-36(24-30)45-41(51)29-9-15-34(16-10-29)53-35-18-21-43-40-38(35)39(46-49(40)25-28-7-13-33(52-4)14-8-28)44-31-19-23-48(26-31)37(50)6-5-22-47(3)32-11-12-32/h5-10,13-18,20-21,24,27,31-32H,11-12,19,22-23,25-26H2,1-4H3,(H,44,46)(H,42,45,51). The summed E-state index contributed by atoms with van der Waals surface area (Å²) in [5.74, 6) is 3.13. The number of anilines is 2. The summed E-state index contributed by atoms with van der Waals surface area (Å²) in [4.78, 5) is 39.3. The van der Waals surface area contributed by atoms with Gasteiger partial charge in [0.25, 0.3) is 5.91 Å². The maximum Gasteiger partial charge on any atom is 0.256 e. The third kappa shape index (κ3) is 8.66. The number of carbonyl (C=O) groups excluding carboxylic acids is 2. The van der Waals surface area contributed by atoms with Gasteiger partial charge >= 0.3 is 0 Å². The highest BCUT2D eigenvalue weighted by Gasteiger charge is 2.28. The van der Waals surface area contributed by atoms with Crippen LogP contribution >= 0.6 is 0 Å². The van der Waals surface area contributed by atoms with Crippen LogP contribution in [0.2, 0.25) is 0 Å². The summed E-state index contributed by atoms with van der Waals surface area (Å²) in [5, 5.41) is 12.2. The molecule has 4 heterocycles. The third-order valence-corrected chi connectivity index (χ3v) is 9.79. The van der Waals surface area contributed by atoms with Crippen molar-refractivity contribution in [1.29, 1.82) is 0 Å². The van der Waals surface area contributed by atoms with Crippen LogP contribution < -0.4 is 20.1 Å². The first kappa shape index (κ1) is 35.6. The maximum atomic E-state index is 13.1. The Balaban J connectivity index is 1.09. The van der Waals surface area contributed by atoms with Gasteiger partial charge in [-0.15, -0.1) is 0 Å². The van der Waals surface area contributed by atoms with Crippen molar-refractivity contribution in [1.82, 2.24) is 29.5 Å². The predicted octanol–water partition coefficient (Wildman–Crippen LogP) is 6.71. The summed E-state index contributed by atoms with van der Waals surface area (Å²) in [6, 6.07) is 21.2. The van der Waals surface area contributed by atoms with Gasteiger partial charge in [-0.1, -0.05) is 32.1 Å². The van der Waals surface area contributed by atoms with Gasteiger partial charge in [0.05, 0.1) is 13.7 Å². The second kappa shape index (κ2) is 15.9. The molecule has 1 unspecified atom stereocenters. The van der Waals surface area contributed by atoms with E-state index in [0.29, 0.717) is 65.9 Å². The van der Waals surface area contributed by atoms with Crippen LogP contribution in [0.5, 0.6) is 17.2 Å². The first-order valence-electron chi connectivity index (χ1n) is 18.2. The lowest BCUT2D eigenvalue weighted by molar-refractivity contribution is -0.125. The van der Waals surface area contributed by atoms with Gasteiger partial charge in [0, 0.05) is 61.8 Å². The molecule has 2 aliphatic rings. The molecule has 2 amide bonds. The van der Waals surface area contributed by atoms with Gasteiger partial charge in [0.15, 0.2) is 11.5 Å². The van der Waals surface area contributed by atoms with Crippen molar-refractivity contribution in [2.24, 2.45) is 0 Å². The second-order valence-electron chi connectivity index (χ2n) is 14.1. The van der Waals surface area contributed by atoms with Crippen LogP contribution in [0.1, 0.15) is 60.5 Å². The van der Waals surface area contributed by atoms with E-state index in [1.54, 1.807) is 49.8 Å². The molecule has 274 valence electrons. The fraction of sp³-hybridized carbons (Fsp3) is 0.341. The van der Waals surface area contributed by atoms with Crippen LogP contribution in [0.4, 0.5) is 11.6 Å². The topological polar surface area (TPSA) is 127 Å². The lowest BCUT2D eigenvalue weighted by atomic mass is 10.1. The number of rotatable bonds is 14. The van der Waals surface area contributed by atoms with E-state index >= 15 is 0 Å². The van der Waals surface area contributed by atoms with Crippen molar-refractivity contribution >= 4 is 34.5 Å². The van der Waals surface area contributed by atoms with Crippen LogP contribution in [0, 0.1) is 0 Å². The summed E-state index contributed by atoms with van der Waals surface area (Å²) in [6.45, 7) is 6.67. The number of likely N-dealkylation sites (tertiary alicyclic amines) is 1. The molecule has 1 saturated heterocycles. The SMILES string of the molecule is COc1ccc(Cn2nc(NC3CCN(C(=O)C=CCN(C)C4CC4)C3)c3c(Oc4ccc(C(=O)Nc5cc(C(C)C)ccn5)cc4)ccnc32)cc1. The Kier molecular flexibility index (Phi) is 10.7. The molecule has 12 nitrogen and oxygen atoms in total. The first-order chi connectivity index (χ1) is 25.7. The average Bonchev–Trinajstić information content (AvgIpc) is 3.83. The molecule has 0 bridgehead atoms. The summed E-state index contributed by atoms with van der Waals surface area (Å²) in [6.07, 6.45) is 10.3. The van der Waals surface area contributed by atoms with Crippen molar-refractivity contribution in [3.05, 3.63) is 108 Å². The molecular formula is C41H46N8O4. The Morgan fingerprint density at radius 1 is 0.981 bits per heavy atom. The molecular weight excluding hydrogens is 669 g/mol. The Hall–Kier alpha value is -5.75. The van der Waals surface area contributed by atoms with E-state index in [1.165, 1.54) is 12.8 Å². The molecule has 53 heavy (non-hydrogen) atoms. The minimum atomic E-state index is -0.257. The Labute approximate surface area is 309 Å². The molecule has 1 atom stereocenters. The summed E-state index contributed by atoms with van der Waals surface area (Å²) >= 11 is 0. The lowest BCUT2D eigenvalue weighted by Crippen LogP contribution is -2.30. The smallest absolute Gasteiger partial charge is 0.256 e. The number of carbonyl (C=O) groups is 2. The number of amides is 2. The normalized spacial score (nSPS) is 15.8. The highest BCUT2D eigenvalue weighted by molar-refractivity contribution is 6.03. The number of pyridine rings is 2. The van der Waals surface area contributed by atoms with Gasteiger partial charge in [-0.2, -0.15) is 5.10 Å². The Morgan fingerprint density at radius 2 is 1.74 bits per heavy atom. The second-order valence-corrected chi connectivity index (χ2v) is 14.1. The number of fused-ring (bicyclic) bond motifs is 1. The summed E-state index contributed by atoms with van der Waals surface area (Å²) in [5.41, 5.74) is 3.27. The van der Waals surface area contributed by atoms with Crippen LogP contribution in [-0.2, 0) is 11.3 Å². The molecule has 2 N–H and O–H groups in total. The number of aromatic nitrogens is 4. The molecule has 2 fully saturated rings. The molecule has 1 aliphatic heterocycles. The highest BCUT2D eigenvalue weighted by atomic mass is 16.5. The number of hydrogen-bond donors (Lipinski definition) is 2. The van der Waals surface area contributed by atoms with E-state index in [-0.39, 0.29) is 17.9 Å². The molecule has 3 aromatic heterocycles. The number of methoxy groups -OCH3 is 1. The van der Waals surface area contributed by atoms with E-state index < -0.39 is 0 Å². The minimum Gasteiger partial charge on any atom is -0.497 e. The van der Waals surface area contributed by atoms with E-state index in [9.17, 15) is 9.59 Å². The average molecular weight is 715 g/mol. The molecule has 1 aliphatic carbocycles. The monoisotopic (exact) mass is 714 g/mol. The van der Waals surface area contributed by atoms with Crippen molar-refractivity contribution in [3.63, 3.8) is 0 Å². The van der Waals surface area contributed by atoms with Crippen LogP contribution in [0.25, 0.3) is 11.0 Å². The zero-order chi connectivity index (χ0) is 36.9. The third-order valence-electron chi connectivity index (χ3n) is 9.79. The number of hydrogen-bond acceptors (Lipinski definition) is 9. The largest absolute Gasteiger partial charge is 0.497 e. The van der Waals surface area contributed by atoms with Crippen molar-refractivity contribution in [2.75, 3.05) is 44.4 Å². The number of nitrogens with one attached hydrogen (secondary N) is 2. The Bertz CT molecular complexity index is 2090. The van der Waals surface area contributed by atoms with E-state index in [4.69, 9.17) is 19.6 Å². The first-order valence-corrected chi connectivity index (χ1v) is 18.2. The zero-order valence-corrected chi connectivity index (χ0v) is 30.7. The van der Waals surface area contributed by atoms with E-state index in [1.807, 2.05) is 58.1 Å². The van der Waals surface area contributed by atoms with Crippen LogP contribution in [0.3, 0.4) is 0 Å². The van der Waals surface area contributed by atoms with Gasteiger partial charge in [0.1, 0.15) is 28.5 Å². The number of ether oxygens (including phenoxy) is 2. The number of benzene rings is 2. The van der Waals surface area contributed by atoms with Gasteiger partial charge in [-0.3, -0.25) is 14.5 Å². The quantitative estimate of drug-likeness (QED) is 0.121. The molecule has 0 spiro atoms. The van der Waals surface area contributed by atoms with Crippen molar-refractivity contribution in [2.45, 2.75) is 57.7 Å². The van der Waals surface area contributed by atoms with E-state index in [0.717, 1.165) is 35.2 Å². The molecule has 1 saturated carbocycles. The highest BCUT2D eigenvalue weighted by Crippen LogP contribution is 2.35. The zero-order valence-electron chi connectivity index (χ0n) is 30.7. The molecule has 2 aromatic carbocycles. The molecule has 12 heteroatoms. The summed E-state index contributed by atoms with van der Waals surface area (Å²) in [7, 11) is 3.75. The number of nitrogens with zero attached hydrogens (tertiary/aromatic N) is 6. The Morgan fingerprint density at radius 3 is 2.47 bits per heavy atom.